The number of hydrogen-bond donors (Lipinski definition) is 0. The summed E-state index contributed by atoms with van der Waals surface area (Å²) >= 11 is 6.01. The standard InChI is InChI=1S/C18H12ClN3/c19-13-6-8-14(9-7-13)22-17-5-3-11-21-16(17)12-18(22)15-4-1-2-10-20-15/h1-12H. The molecular weight excluding hydrogens is 294 g/mol. The third kappa shape index (κ3) is 2.16. The van der Waals surface area contributed by atoms with Gasteiger partial charge in [-0.2, -0.15) is 0 Å². The first-order valence-corrected chi connectivity index (χ1v) is 7.34. The minimum Gasteiger partial charge on any atom is -0.306 e. The summed E-state index contributed by atoms with van der Waals surface area (Å²) in [4.78, 5) is 8.93. The van der Waals surface area contributed by atoms with E-state index in [-0.39, 0.29) is 0 Å². The maximum absolute atomic E-state index is 6.01. The highest BCUT2D eigenvalue weighted by Crippen LogP contribution is 2.29. The van der Waals surface area contributed by atoms with Crippen LogP contribution in [0.5, 0.6) is 0 Å². The molecule has 0 saturated heterocycles. The van der Waals surface area contributed by atoms with Gasteiger partial charge in [-0.25, -0.2) is 0 Å². The van der Waals surface area contributed by atoms with E-state index in [4.69, 9.17) is 11.6 Å². The molecule has 0 radical (unpaired) electrons. The molecule has 4 heteroatoms. The van der Waals surface area contributed by atoms with E-state index >= 15 is 0 Å². The highest BCUT2D eigenvalue weighted by molar-refractivity contribution is 6.30. The molecule has 0 spiro atoms. The Labute approximate surface area is 132 Å². The summed E-state index contributed by atoms with van der Waals surface area (Å²) in [6.07, 6.45) is 3.60. The van der Waals surface area contributed by atoms with Gasteiger partial charge in [-0.1, -0.05) is 17.7 Å². The number of hydrogen-bond acceptors (Lipinski definition) is 2. The highest BCUT2D eigenvalue weighted by Gasteiger charge is 2.13. The van der Waals surface area contributed by atoms with Gasteiger partial charge in [0.25, 0.3) is 0 Å². The van der Waals surface area contributed by atoms with Crippen molar-refractivity contribution in [2.75, 3.05) is 0 Å². The monoisotopic (exact) mass is 305 g/mol. The molecule has 3 heterocycles. The number of aromatic nitrogens is 3. The van der Waals surface area contributed by atoms with Crippen molar-refractivity contribution in [1.82, 2.24) is 14.5 Å². The van der Waals surface area contributed by atoms with E-state index in [0.717, 1.165) is 33.1 Å². The van der Waals surface area contributed by atoms with Crippen LogP contribution in [0.4, 0.5) is 0 Å². The summed E-state index contributed by atoms with van der Waals surface area (Å²) in [5.41, 5.74) is 4.95. The van der Waals surface area contributed by atoms with E-state index in [1.54, 1.807) is 12.4 Å². The Hall–Kier alpha value is -2.65. The Kier molecular flexibility index (Phi) is 3.13. The second-order valence-corrected chi connectivity index (χ2v) is 5.40. The Morgan fingerprint density at radius 1 is 0.818 bits per heavy atom. The molecule has 0 aliphatic carbocycles. The van der Waals surface area contributed by atoms with Crippen LogP contribution in [-0.4, -0.2) is 14.5 Å². The van der Waals surface area contributed by atoms with Gasteiger partial charge >= 0.3 is 0 Å². The number of fused-ring (bicyclic) bond motifs is 1. The van der Waals surface area contributed by atoms with Crippen LogP contribution in [0, 0.1) is 0 Å². The second kappa shape index (κ2) is 5.28. The van der Waals surface area contributed by atoms with E-state index in [0.29, 0.717) is 0 Å². The fourth-order valence-corrected chi connectivity index (χ4v) is 2.73. The molecule has 0 aliphatic rings. The molecule has 0 fully saturated rings. The van der Waals surface area contributed by atoms with Crippen LogP contribution in [0.3, 0.4) is 0 Å². The third-order valence-electron chi connectivity index (χ3n) is 3.58. The van der Waals surface area contributed by atoms with E-state index in [1.807, 2.05) is 48.5 Å². The predicted molar refractivity (Wildman–Crippen MR) is 89.3 cm³/mol. The molecule has 0 aliphatic heterocycles. The summed E-state index contributed by atoms with van der Waals surface area (Å²) in [7, 11) is 0. The van der Waals surface area contributed by atoms with Crippen LogP contribution < -0.4 is 0 Å². The summed E-state index contributed by atoms with van der Waals surface area (Å²) < 4.78 is 2.15. The highest BCUT2D eigenvalue weighted by atomic mass is 35.5. The summed E-state index contributed by atoms with van der Waals surface area (Å²) in [6, 6.07) is 19.7. The van der Waals surface area contributed by atoms with Crippen LogP contribution >= 0.6 is 11.6 Å². The lowest BCUT2D eigenvalue weighted by Gasteiger charge is -2.10. The van der Waals surface area contributed by atoms with E-state index < -0.39 is 0 Å². The van der Waals surface area contributed by atoms with Gasteiger partial charge in [-0.15, -0.1) is 0 Å². The fraction of sp³-hybridized carbons (Fsp3) is 0. The molecule has 1 aromatic carbocycles. The van der Waals surface area contributed by atoms with Gasteiger partial charge < -0.3 is 4.57 Å². The van der Waals surface area contributed by atoms with Crippen LogP contribution in [0.1, 0.15) is 0 Å². The molecule has 0 bridgehead atoms. The van der Waals surface area contributed by atoms with Crippen molar-refractivity contribution in [1.29, 1.82) is 0 Å². The van der Waals surface area contributed by atoms with Gasteiger partial charge in [0, 0.05) is 23.1 Å². The van der Waals surface area contributed by atoms with Crippen molar-refractivity contribution in [3.63, 3.8) is 0 Å². The third-order valence-corrected chi connectivity index (χ3v) is 3.84. The van der Waals surface area contributed by atoms with Crippen molar-refractivity contribution in [3.05, 3.63) is 78.1 Å². The zero-order valence-electron chi connectivity index (χ0n) is 11.6. The summed E-state index contributed by atoms with van der Waals surface area (Å²) in [5, 5.41) is 0.720. The number of pyridine rings is 2. The van der Waals surface area contributed by atoms with Gasteiger partial charge in [0.2, 0.25) is 0 Å². The van der Waals surface area contributed by atoms with Crippen molar-refractivity contribution in [2.24, 2.45) is 0 Å². The van der Waals surface area contributed by atoms with Gasteiger partial charge in [-0.3, -0.25) is 9.97 Å². The average molecular weight is 306 g/mol. The lowest BCUT2D eigenvalue weighted by Crippen LogP contribution is -1.97. The zero-order valence-corrected chi connectivity index (χ0v) is 12.4. The van der Waals surface area contributed by atoms with Crippen LogP contribution in [0.25, 0.3) is 28.1 Å². The molecule has 0 atom stereocenters. The second-order valence-electron chi connectivity index (χ2n) is 4.96. The Balaban J connectivity index is 2.04. The molecular formula is C18H12ClN3. The fourth-order valence-electron chi connectivity index (χ4n) is 2.60. The number of rotatable bonds is 2. The summed E-state index contributed by atoms with van der Waals surface area (Å²) in [6.45, 7) is 0. The molecule has 4 rings (SSSR count). The summed E-state index contributed by atoms with van der Waals surface area (Å²) in [5.74, 6) is 0. The SMILES string of the molecule is Clc1ccc(-n2c(-c3ccccn3)cc3ncccc32)cc1. The van der Waals surface area contributed by atoms with Gasteiger partial charge in [0.15, 0.2) is 0 Å². The molecule has 3 nitrogen and oxygen atoms in total. The van der Waals surface area contributed by atoms with Gasteiger partial charge in [-0.05, 0) is 54.6 Å². The number of nitrogens with zero attached hydrogens (tertiary/aromatic N) is 3. The Morgan fingerprint density at radius 3 is 2.41 bits per heavy atom. The lowest BCUT2D eigenvalue weighted by atomic mass is 10.2. The Bertz CT molecular complexity index is 928. The quantitative estimate of drug-likeness (QED) is 0.535. The minimum atomic E-state index is 0.720. The lowest BCUT2D eigenvalue weighted by molar-refractivity contribution is 1.11. The predicted octanol–water partition coefficient (Wildman–Crippen LogP) is 4.74. The minimum absolute atomic E-state index is 0.720. The first-order chi connectivity index (χ1) is 10.8. The normalized spacial score (nSPS) is 11.0. The van der Waals surface area contributed by atoms with Crippen LogP contribution in [0.15, 0.2) is 73.1 Å². The van der Waals surface area contributed by atoms with Crippen molar-refractivity contribution in [2.45, 2.75) is 0 Å². The van der Waals surface area contributed by atoms with Crippen molar-refractivity contribution < 1.29 is 0 Å². The van der Waals surface area contributed by atoms with Gasteiger partial charge in [0.05, 0.1) is 22.4 Å². The molecule has 0 unspecified atom stereocenters. The topological polar surface area (TPSA) is 30.7 Å². The van der Waals surface area contributed by atoms with Crippen molar-refractivity contribution in [3.8, 4) is 17.1 Å². The maximum Gasteiger partial charge on any atom is 0.0891 e. The molecule has 0 amide bonds. The first-order valence-electron chi connectivity index (χ1n) is 6.97. The van der Waals surface area contributed by atoms with Gasteiger partial charge in [0.1, 0.15) is 0 Å². The van der Waals surface area contributed by atoms with Crippen molar-refractivity contribution >= 4 is 22.6 Å². The van der Waals surface area contributed by atoms with E-state index in [1.165, 1.54) is 0 Å². The molecule has 3 aromatic heterocycles. The number of halogens is 1. The van der Waals surface area contributed by atoms with Crippen LogP contribution in [0.2, 0.25) is 5.02 Å². The number of benzene rings is 1. The largest absolute Gasteiger partial charge is 0.306 e. The Morgan fingerprint density at radius 2 is 1.64 bits per heavy atom. The average Bonchev–Trinajstić information content (AvgIpc) is 2.96. The molecule has 0 N–H and O–H groups in total. The molecule has 0 saturated carbocycles. The molecule has 22 heavy (non-hydrogen) atoms. The molecule has 4 aromatic rings. The van der Waals surface area contributed by atoms with E-state index in [2.05, 4.69) is 26.7 Å². The zero-order chi connectivity index (χ0) is 14.9. The maximum atomic E-state index is 6.01. The smallest absolute Gasteiger partial charge is 0.0891 e. The van der Waals surface area contributed by atoms with E-state index in [9.17, 15) is 0 Å². The first kappa shape index (κ1) is 13.0. The molecule has 106 valence electrons. The van der Waals surface area contributed by atoms with Crippen LogP contribution in [-0.2, 0) is 0 Å².